The van der Waals surface area contributed by atoms with Crippen LogP contribution in [0.4, 0.5) is 5.69 Å². The van der Waals surface area contributed by atoms with Gasteiger partial charge in [0.15, 0.2) is 6.61 Å². The van der Waals surface area contributed by atoms with Crippen LogP contribution >= 0.6 is 23.2 Å². The van der Waals surface area contributed by atoms with Crippen LogP contribution < -0.4 is 10.6 Å². The highest BCUT2D eigenvalue weighted by molar-refractivity contribution is 6.34. The van der Waals surface area contributed by atoms with E-state index < -0.39 is 35.4 Å². The van der Waals surface area contributed by atoms with Gasteiger partial charge >= 0.3 is 5.97 Å². The average Bonchev–Trinajstić information content (AvgIpc) is 2.74. The zero-order valence-electron chi connectivity index (χ0n) is 17.3. The smallest absolute Gasteiger partial charge is 0.329 e. The van der Waals surface area contributed by atoms with Crippen molar-refractivity contribution in [3.05, 3.63) is 73.8 Å². The van der Waals surface area contributed by atoms with E-state index in [0.29, 0.717) is 5.02 Å². The molecule has 2 amide bonds. The first-order valence-corrected chi connectivity index (χ1v) is 10.3. The molecule has 1 atom stereocenters. The van der Waals surface area contributed by atoms with Gasteiger partial charge in [-0.25, -0.2) is 4.79 Å². The van der Waals surface area contributed by atoms with E-state index in [1.807, 2.05) is 0 Å². The molecule has 0 saturated heterocycles. The number of carbonyl (C=O) groups excluding carboxylic acids is 3. The number of hydrogen-bond donors (Lipinski definition) is 2. The highest BCUT2D eigenvalue weighted by atomic mass is 35.5. The lowest BCUT2D eigenvalue weighted by atomic mass is 10.0. The van der Waals surface area contributed by atoms with Gasteiger partial charge in [-0.3, -0.25) is 19.7 Å². The summed E-state index contributed by atoms with van der Waals surface area (Å²) in [7, 11) is 0. The van der Waals surface area contributed by atoms with E-state index in [2.05, 4.69) is 10.6 Å². The first kappa shape index (κ1) is 25.1. The minimum absolute atomic E-state index is 0.0311. The molecule has 0 unspecified atom stereocenters. The van der Waals surface area contributed by atoms with Crippen LogP contribution in [0.2, 0.25) is 10.0 Å². The Morgan fingerprint density at radius 2 is 1.75 bits per heavy atom. The van der Waals surface area contributed by atoms with Crippen molar-refractivity contribution in [1.82, 2.24) is 10.6 Å². The van der Waals surface area contributed by atoms with Gasteiger partial charge in [0, 0.05) is 23.7 Å². The number of ether oxygens (including phenoxy) is 1. The molecule has 0 spiro atoms. The van der Waals surface area contributed by atoms with Gasteiger partial charge in [-0.1, -0.05) is 49.2 Å². The number of esters is 1. The molecule has 0 heterocycles. The number of nitrogens with one attached hydrogen (secondary N) is 2. The highest BCUT2D eigenvalue weighted by Crippen LogP contribution is 2.22. The standard InChI is InChI=1S/C21H21Cl2N3O6/c1-12(2)19(25-20(28)16-8-7-15(26(30)31)9-17(16)23)21(29)32-11-18(27)24-10-13-3-5-14(22)6-4-13/h3-9,12,19H,10-11H2,1-2H3,(H,24,27)(H,25,28)/t19-/m0/s1. The van der Waals surface area contributed by atoms with Crippen LogP contribution in [0.3, 0.4) is 0 Å². The van der Waals surface area contributed by atoms with E-state index in [4.69, 9.17) is 27.9 Å². The van der Waals surface area contributed by atoms with Crippen LogP contribution in [0.1, 0.15) is 29.8 Å². The second kappa shape index (κ2) is 11.4. The fraction of sp³-hybridized carbons (Fsp3) is 0.286. The molecule has 0 radical (unpaired) electrons. The second-order valence-corrected chi connectivity index (χ2v) is 7.97. The van der Waals surface area contributed by atoms with Crippen molar-refractivity contribution in [2.24, 2.45) is 5.92 Å². The Kier molecular flexibility index (Phi) is 8.98. The molecule has 0 bridgehead atoms. The van der Waals surface area contributed by atoms with Crippen molar-refractivity contribution >= 4 is 46.7 Å². The number of non-ortho nitro benzene ring substituents is 1. The van der Waals surface area contributed by atoms with Gasteiger partial charge in [0.25, 0.3) is 17.5 Å². The first-order chi connectivity index (χ1) is 15.1. The minimum Gasteiger partial charge on any atom is -0.454 e. The van der Waals surface area contributed by atoms with Crippen LogP contribution in [0.15, 0.2) is 42.5 Å². The van der Waals surface area contributed by atoms with Gasteiger partial charge in [0.05, 0.1) is 15.5 Å². The van der Waals surface area contributed by atoms with Gasteiger partial charge in [-0.15, -0.1) is 0 Å². The van der Waals surface area contributed by atoms with Crippen LogP contribution in [0.5, 0.6) is 0 Å². The van der Waals surface area contributed by atoms with E-state index in [0.717, 1.165) is 17.7 Å². The highest BCUT2D eigenvalue weighted by Gasteiger charge is 2.28. The van der Waals surface area contributed by atoms with Crippen molar-refractivity contribution in [2.75, 3.05) is 6.61 Å². The van der Waals surface area contributed by atoms with E-state index in [1.165, 1.54) is 6.07 Å². The molecule has 32 heavy (non-hydrogen) atoms. The molecular weight excluding hydrogens is 461 g/mol. The Bertz CT molecular complexity index is 1010. The van der Waals surface area contributed by atoms with Crippen LogP contribution in [0, 0.1) is 16.0 Å². The van der Waals surface area contributed by atoms with Crippen molar-refractivity contribution in [1.29, 1.82) is 0 Å². The van der Waals surface area contributed by atoms with Crippen molar-refractivity contribution in [3.8, 4) is 0 Å². The number of amides is 2. The second-order valence-electron chi connectivity index (χ2n) is 7.13. The third kappa shape index (κ3) is 7.21. The molecule has 9 nitrogen and oxygen atoms in total. The fourth-order valence-corrected chi connectivity index (χ4v) is 2.99. The maximum absolute atomic E-state index is 12.5. The predicted molar refractivity (Wildman–Crippen MR) is 118 cm³/mol. The molecule has 0 fully saturated rings. The Labute approximate surface area is 194 Å². The number of nitrogens with zero attached hydrogens (tertiary/aromatic N) is 1. The summed E-state index contributed by atoms with van der Waals surface area (Å²) < 4.78 is 5.04. The van der Waals surface area contributed by atoms with Gasteiger partial charge in [0.1, 0.15) is 6.04 Å². The SMILES string of the molecule is CC(C)[C@H](NC(=O)c1ccc([N+](=O)[O-])cc1Cl)C(=O)OCC(=O)NCc1ccc(Cl)cc1. The van der Waals surface area contributed by atoms with Gasteiger partial charge in [-0.2, -0.15) is 0 Å². The zero-order chi connectivity index (χ0) is 23.8. The lowest BCUT2D eigenvalue weighted by molar-refractivity contribution is -0.384. The third-order valence-corrected chi connectivity index (χ3v) is 4.93. The topological polar surface area (TPSA) is 128 Å². The minimum atomic E-state index is -1.06. The summed E-state index contributed by atoms with van der Waals surface area (Å²) in [6.45, 7) is 3.08. The summed E-state index contributed by atoms with van der Waals surface area (Å²) in [6, 6.07) is 9.20. The number of nitro benzene ring substituents is 1. The van der Waals surface area contributed by atoms with E-state index in [9.17, 15) is 24.5 Å². The molecule has 170 valence electrons. The molecule has 2 aromatic carbocycles. The van der Waals surface area contributed by atoms with E-state index in [-0.39, 0.29) is 28.7 Å². The Hall–Kier alpha value is -3.17. The molecule has 0 aliphatic carbocycles. The zero-order valence-corrected chi connectivity index (χ0v) is 18.8. The summed E-state index contributed by atoms with van der Waals surface area (Å²) >= 11 is 11.8. The number of benzene rings is 2. The van der Waals surface area contributed by atoms with Crippen LogP contribution in [-0.4, -0.2) is 35.4 Å². The number of rotatable bonds is 9. The maximum atomic E-state index is 12.5. The first-order valence-electron chi connectivity index (χ1n) is 9.51. The molecule has 0 aliphatic rings. The lowest BCUT2D eigenvalue weighted by Crippen LogP contribution is -2.46. The fourth-order valence-electron chi connectivity index (χ4n) is 2.60. The molecule has 11 heteroatoms. The molecule has 0 aliphatic heterocycles. The monoisotopic (exact) mass is 481 g/mol. The molecule has 2 aromatic rings. The summed E-state index contributed by atoms with van der Waals surface area (Å²) in [5.41, 5.74) is 0.522. The average molecular weight is 482 g/mol. The Morgan fingerprint density at radius 3 is 2.31 bits per heavy atom. The van der Waals surface area contributed by atoms with E-state index in [1.54, 1.807) is 38.1 Å². The van der Waals surface area contributed by atoms with Gasteiger partial charge < -0.3 is 15.4 Å². The van der Waals surface area contributed by atoms with E-state index >= 15 is 0 Å². The number of carbonyl (C=O) groups is 3. The number of hydrogen-bond acceptors (Lipinski definition) is 6. The van der Waals surface area contributed by atoms with Crippen LogP contribution in [0.25, 0.3) is 0 Å². The molecular formula is C21H21Cl2N3O6. The Morgan fingerprint density at radius 1 is 1.09 bits per heavy atom. The van der Waals surface area contributed by atoms with Crippen molar-refractivity contribution < 1.29 is 24.0 Å². The normalized spacial score (nSPS) is 11.5. The molecule has 2 N–H and O–H groups in total. The molecule has 2 rings (SSSR count). The Balaban J connectivity index is 1.92. The third-order valence-electron chi connectivity index (χ3n) is 4.36. The number of halogens is 2. The summed E-state index contributed by atoms with van der Waals surface area (Å²) in [5, 5.41) is 16.4. The lowest BCUT2D eigenvalue weighted by Gasteiger charge is -2.21. The van der Waals surface area contributed by atoms with Crippen molar-refractivity contribution in [3.63, 3.8) is 0 Å². The van der Waals surface area contributed by atoms with Gasteiger partial charge in [-0.05, 0) is 29.7 Å². The summed E-state index contributed by atoms with van der Waals surface area (Å²) in [6.07, 6.45) is 0. The van der Waals surface area contributed by atoms with Gasteiger partial charge in [0.2, 0.25) is 0 Å². The summed E-state index contributed by atoms with van der Waals surface area (Å²) in [4.78, 5) is 47.1. The summed E-state index contributed by atoms with van der Waals surface area (Å²) in [5.74, 6) is -2.37. The van der Waals surface area contributed by atoms with Crippen molar-refractivity contribution in [2.45, 2.75) is 26.4 Å². The van der Waals surface area contributed by atoms with Crippen LogP contribution in [-0.2, 0) is 20.9 Å². The predicted octanol–water partition coefficient (Wildman–Crippen LogP) is 3.52. The molecule has 0 aromatic heterocycles. The molecule has 0 saturated carbocycles. The number of nitro groups is 1. The largest absolute Gasteiger partial charge is 0.454 e. The maximum Gasteiger partial charge on any atom is 0.329 e. The quantitative estimate of drug-likeness (QED) is 0.320.